The maximum absolute atomic E-state index is 12.0. The number of carbonyl (C=O) groups is 1. The number of ether oxygens (including phenoxy) is 1. The molecule has 0 fully saturated rings. The topological polar surface area (TPSA) is 38.3 Å². The molecule has 3 nitrogen and oxygen atoms in total. The van der Waals surface area contributed by atoms with E-state index in [-0.39, 0.29) is 18.6 Å². The fourth-order valence-corrected chi connectivity index (χ4v) is 2.62. The van der Waals surface area contributed by atoms with Gasteiger partial charge in [0.25, 0.3) is 5.91 Å². The van der Waals surface area contributed by atoms with E-state index in [4.69, 9.17) is 4.74 Å². The second-order valence-electron chi connectivity index (χ2n) is 5.60. The van der Waals surface area contributed by atoms with E-state index in [9.17, 15) is 4.79 Å². The molecular weight excluding hydrogens is 306 g/mol. The van der Waals surface area contributed by atoms with Crippen LogP contribution in [0.2, 0.25) is 0 Å². The van der Waals surface area contributed by atoms with Crippen molar-refractivity contribution in [2.45, 2.75) is 31.7 Å². The van der Waals surface area contributed by atoms with Crippen LogP contribution in [-0.2, 0) is 4.79 Å². The lowest BCUT2D eigenvalue weighted by Gasteiger charge is -2.15. The minimum atomic E-state index is -0.121. The summed E-state index contributed by atoms with van der Waals surface area (Å²) >= 11 is 1.70. The Morgan fingerprint density at radius 2 is 1.83 bits per heavy atom. The predicted molar refractivity (Wildman–Crippen MR) is 96.2 cm³/mol. The molecule has 2 aromatic rings. The van der Waals surface area contributed by atoms with E-state index in [0.29, 0.717) is 0 Å². The molecule has 1 atom stereocenters. The molecule has 0 aliphatic rings. The van der Waals surface area contributed by atoms with Gasteiger partial charge in [-0.2, -0.15) is 0 Å². The lowest BCUT2D eigenvalue weighted by Crippen LogP contribution is -2.31. The summed E-state index contributed by atoms with van der Waals surface area (Å²) in [6.45, 7) is 6.08. The van der Waals surface area contributed by atoms with E-state index in [1.807, 2.05) is 50.4 Å². The van der Waals surface area contributed by atoms with Crippen molar-refractivity contribution in [2.24, 2.45) is 0 Å². The van der Waals surface area contributed by atoms with Gasteiger partial charge in [0, 0.05) is 4.90 Å². The second kappa shape index (κ2) is 8.06. The van der Waals surface area contributed by atoms with Gasteiger partial charge >= 0.3 is 0 Å². The first-order valence-electron chi connectivity index (χ1n) is 7.63. The number of hydrogen-bond donors (Lipinski definition) is 1. The third-order valence-corrected chi connectivity index (χ3v) is 4.59. The van der Waals surface area contributed by atoms with Gasteiger partial charge in [-0.15, -0.1) is 11.8 Å². The zero-order valence-corrected chi connectivity index (χ0v) is 14.9. The molecule has 1 unspecified atom stereocenters. The molecule has 0 radical (unpaired) electrons. The van der Waals surface area contributed by atoms with Crippen LogP contribution in [0.4, 0.5) is 0 Å². The highest BCUT2D eigenvalue weighted by Gasteiger charge is 2.10. The third kappa shape index (κ3) is 5.03. The summed E-state index contributed by atoms with van der Waals surface area (Å²) in [5.74, 6) is 0.602. The fourth-order valence-electron chi connectivity index (χ4n) is 2.21. The smallest absolute Gasteiger partial charge is 0.258 e. The number of thioether (sulfide) groups is 1. The molecule has 0 saturated heterocycles. The Morgan fingerprint density at radius 1 is 1.13 bits per heavy atom. The molecule has 23 heavy (non-hydrogen) atoms. The molecule has 0 spiro atoms. The van der Waals surface area contributed by atoms with Gasteiger partial charge in [0.2, 0.25) is 0 Å². The van der Waals surface area contributed by atoms with Gasteiger partial charge in [0.15, 0.2) is 6.61 Å². The molecule has 0 saturated carbocycles. The van der Waals surface area contributed by atoms with Gasteiger partial charge in [-0.3, -0.25) is 4.79 Å². The summed E-state index contributed by atoms with van der Waals surface area (Å²) in [5.41, 5.74) is 3.46. The molecule has 0 bridgehead atoms. The van der Waals surface area contributed by atoms with Crippen LogP contribution in [0.5, 0.6) is 5.75 Å². The normalized spacial score (nSPS) is 11.8. The van der Waals surface area contributed by atoms with Crippen LogP contribution in [0.1, 0.15) is 29.7 Å². The van der Waals surface area contributed by atoms with Gasteiger partial charge in [-0.25, -0.2) is 0 Å². The molecule has 0 aliphatic carbocycles. The Labute approximate surface area is 142 Å². The summed E-state index contributed by atoms with van der Waals surface area (Å²) in [4.78, 5) is 13.2. The molecule has 1 amide bonds. The zero-order valence-electron chi connectivity index (χ0n) is 14.1. The number of rotatable bonds is 6. The van der Waals surface area contributed by atoms with Gasteiger partial charge in [-0.1, -0.05) is 18.2 Å². The Morgan fingerprint density at radius 3 is 2.43 bits per heavy atom. The first kappa shape index (κ1) is 17.4. The number of carbonyl (C=O) groups excluding carboxylic acids is 1. The van der Waals surface area contributed by atoms with Gasteiger partial charge in [0.05, 0.1) is 6.04 Å². The van der Waals surface area contributed by atoms with Crippen LogP contribution in [0.15, 0.2) is 47.4 Å². The molecule has 122 valence electrons. The molecule has 1 N–H and O–H groups in total. The van der Waals surface area contributed by atoms with Crippen LogP contribution in [0.3, 0.4) is 0 Å². The first-order chi connectivity index (χ1) is 11.0. The van der Waals surface area contributed by atoms with Crippen molar-refractivity contribution in [1.29, 1.82) is 0 Å². The van der Waals surface area contributed by atoms with E-state index in [1.54, 1.807) is 11.8 Å². The second-order valence-corrected chi connectivity index (χ2v) is 6.48. The van der Waals surface area contributed by atoms with Gasteiger partial charge < -0.3 is 10.1 Å². The Balaban J connectivity index is 1.86. The summed E-state index contributed by atoms with van der Waals surface area (Å²) in [5, 5.41) is 2.96. The molecule has 4 heteroatoms. The fraction of sp³-hybridized carbons (Fsp3) is 0.316. The number of amides is 1. The van der Waals surface area contributed by atoms with Crippen molar-refractivity contribution in [2.75, 3.05) is 12.9 Å². The van der Waals surface area contributed by atoms with E-state index in [1.165, 1.54) is 10.5 Å². The van der Waals surface area contributed by atoms with E-state index < -0.39 is 0 Å². The van der Waals surface area contributed by atoms with Crippen LogP contribution in [0, 0.1) is 13.8 Å². The Bertz CT molecular complexity index is 668. The van der Waals surface area contributed by atoms with E-state index in [0.717, 1.165) is 16.9 Å². The van der Waals surface area contributed by atoms with Crippen LogP contribution in [-0.4, -0.2) is 18.8 Å². The molecule has 2 aromatic carbocycles. The largest absolute Gasteiger partial charge is 0.484 e. The van der Waals surface area contributed by atoms with E-state index >= 15 is 0 Å². The SMILES string of the molecule is CSc1ccc(C(C)NC(=O)COc2ccc(C)c(C)c2)cc1. The maximum Gasteiger partial charge on any atom is 0.258 e. The predicted octanol–water partition coefficient (Wildman–Crippen LogP) is 4.28. The van der Waals surface area contributed by atoms with Crippen molar-refractivity contribution in [1.82, 2.24) is 5.32 Å². The highest BCUT2D eigenvalue weighted by atomic mass is 32.2. The zero-order chi connectivity index (χ0) is 16.8. The van der Waals surface area contributed by atoms with Crippen LogP contribution in [0.25, 0.3) is 0 Å². The Kier molecular flexibility index (Phi) is 6.11. The third-order valence-electron chi connectivity index (χ3n) is 3.84. The average Bonchev–Trinajstić information content (AvgIpc) is 2.56. The molecule has 0 aliphatic heterocycles. The number of aryl methyl sites for hydroxylation is 2. The monoisotopic (exact) mass is 329 g/mol. The summed E-state index contributed by atoms with van der Waals surface area (Å²) in [7, 11) is 0. The highest BCUT2D eigenvalue weighted by Crippen LogP contribution is 2.19. The number of nitrogens with one attached hydrogen (secondary N) is 1. The molecule has 2 rings (SSSR count). The first-order valence-corrected chi connectivity index (χ1v) is 8.85. The number of hydrogen-bond acceptors (Lipinski definition) is 3. The van der Waals surface area contributed by atoms with Crippen molar-refractivity contribution < 1.29 is 9.53 Å². The highest BCUT2D eigenvalue weighted by molar-refractivity contribution is 7.98. The minimum absolute atomic E-state index is 0.0235. The summed E-state index contributed by atoms with van der Waals surface area (Å²) in [6, 6.07) is 14.0. The molecule has 0 heterocycles. The van der Waals surface area contributed by atoms with Crippen molar-refractivity contribution in [3.8, 4) is 5.75 Å². The molecular formula is C19H23NO2S. The van der Waals surface area contributed by atoms with Crippen LogP contribution >= 0.6 is 11.8 Å². The van der Waals surface area contributed by atoms with Gasteiger partial charge in [0.1, 0.15) is 5.75 Å². The Hall–Kier alpha value is -1.94. The van der Waals surface area contributed by atoms with Crippen molar-refractivity contribution in [3.63, 3.8) is 0 Å². The van der Waals surface area contributed by atoms with E-state index in [2.05, 4.69) is 24.4 Å². The maximum atomic E-state index is 12.0. The standard InChI is InChI=1S/C19H23NO2S/c1-13-5-8-17(11-14(13)2)22-12-19(21)20-15(3)16-6-9-18(23-4)10-7-16/h5-11,15H,12H2,1-4H3,(H,20,21). The van der Waals surface area contributed by atoms with Crippen molar-refractivity contribution in [3.05, 3.63) is 59.2 Å². The van der Waals surface area contributed by atoms with Crippen molar-refractivity contribution >= 4 is 17.7 Å². The lowest BCUT2D eigenvalue weighted by molar-refractivity contribution is -0.123. The lowest BCUT2D eigenvalue weighted by atomic mass is 10.1. The summed E-state index contributed by atoms with van der Waals surface area (Å²) in [6.07, 6.45) is 2.05. The minimum Gasteiger partial charge on any atom is -0.484 e. The van der Waals surface area contributed by atoms with Gasteiger partial charge in [-0.05, 0) is 68.0 Å². The summed E-state index contributed by atoms with van der Waals surface area (Å²) < 4.78 is 5.56. The quantitative estimate of drug-likeness (QED) is 0.804. The molecule has 0 aromatic heterocycles. The average molecular weight is 329 g/mol. The number of benzene rings is 2. The van der Waals surface area contributed by atoms with Crippen LogP contribution < -0.4 is 10.1 Å².